The van der Waals surface area contributed by atoms with E-state index in [0.717, 1.165) is 20.9 Å². The van der Waals surface area contributed by atoms with Gasteiger partial charge >= 0.3 is 0 Å². The van der Waals surface area contributed by atoms with Gasteiger partial charge in [0.2, 0.25) is 0 Å². The molecule has 0 aliphatic rings. The molecule has 3 aromatic rings. The third-order valence-electron chi connectivity index (χ3n) is 3.25. The third kappa shape index (κ3) is 2.91. The lowest BCUT2D eigenvalue weighted by molar-refractivity contribution is 0.198. The van der Waals surface area contributed by atoms with Crippen molar-refractivity contribution in [1.29, 1.82) is 0 Å². The van der Waals surface area contributed by atoms with Crippen molar-refractivity contribution in [2.75, 3.05) is 0 Å². The topological polar surface area (TPSA) is 42.4 Å². The van der Waals surface area contributed by atoms with Crippen LogP contribution < -0.4 is 4.74 Å². The number of aliphatic hydroxyl groups is 1. The summed E-state index contributed by atoms with van der Waals surface area (Å²) >= 11 is 3.46. The summed E-state index contributed by atoms with van der Waals surface area (Å²) in [5.74, 6) is 1.41. The number of pyridine rings is 1. The van der Waals surface area contributed by atoms with Gasteiger partial charge in [0, 0.05) is 16.1 Å². The summed E-state index contributed by atoms with van der Waals surface area (Å²) < 4.78 is 6.76. The van der Waals surface area contributed by atoms with Crippen molar-refractivity contribution in [3.8, 4) is 11.5 Å². The summed E-state index contributed by atoms with van der Waals surface area (Å²) in [6, 6.07) is 15.3. The zero-order valence-corrected chi connectivity index (χ0v) is 13.0. The fraction of sp³-hybridized carbons (Fsp3) is 0.118. The van der Waals surface area contributed by atoms with Crippen LogP contribution in [0.2, 0.25) is 0 Å². The maximum atomic E-state index is 9.65. The van der Waals surface area contributed by atoms with Crippen LogP contribution in [0.3, 0.4) is 0 Å². The van der Waals surface area contributed by atoms with Crippen LogP contribution in [0.1, 0.15) is 18.6 Å². The molecule has 1 N–H and O–H groups in total. The van der Waals surface area contributed by atoms with Crippen molar-refractivity contribution in [3.63, 3.8) is 0 Å². The molecule has 0 bridgehead atoms. The van der Waals surface area contributed by atoms with Crippen molar-refractivity contribution in [2.24, 2.45) is 0 Å². The SMILES string of the molecule is C[C@@H](O)c1ccc(Oc2cccc3cccnc23)cc1Br. The lowest BCUT2D eigenvalue weighted by atomic mass is 10.1. The van der Waals surface area contributed by atoms with E-state index >= 15 is 0 Å². The van der Waals surface area contributed by atoms with Crippen LogP contribution in [0.4, 0.5) is 0 Å². The maximum absolute atomic E-state index is 9.65. The minimum Gasteiger partial charge on any atom is -0.455 e. The molecule has 106 valence electrons. The smallest absolute Gasteiger partial charge is 0.153 e. The molecule has 0 saturated heterocycles. The van der Waals surface area contributed by atoms with Crippen LogP contribution in [-0.4, -0.2) is 10.1 Å². The highest BCUT2D eigenvalue weighted by atomic mass is 79.9. The number of halogens is 1. The van der Waals surface area contributed by atoms with Crippen molar-refractivity contribution < 1.29 is 9.84 Å². The van der Waals surface area contributed by atoms with Crippen LogP contribution in [0.15, 0.2) is 59.2 Å². The number of aromatic nitrogens is 1. The summed E-state index contributed by atoms with van der Waals surface area (Å²) in [5.41, 5.74) is 1.66. The Morgan fingerprint density at radius 3 is 2.71 bits per heavy atom. The van der Waals surface area contributed by atoms with Gasteiger partial charge in [0.25, 0.3) is 0 Å². The second-order valence-electron chi connectivity index (χ2n) is 4.79. The fourth-order valence-corrected chi connectivity index (χ4v) is 2.88. The van der Waals surface area contributed by atoms with Crippen LogP contribution >= 0.6 is 15.9 Å². The van der Waals surface area contributed by atoms with Gasteiger partial charge in [-0.05, 0) is 36.8 Å². The van der Waals surface area contributed by atoms with E-state index in [-0.39, 0.29) is 0 Å². The fourth-order valence-electron chi connectivity index (χ4n) is 2.20. The van der Waals surface area contributed by atoms with E-state index < -0.39 is 6.10 Å². The van der Waals surface area contributed by atoms with Crippen molar-refractivity contribution in [3.05, 3.63) is 64.8 Å². The van der Waals surface area contributed by atoms with Gasteiger partial charge in [-0.25, -0.2) is 0 Å². The molecule has 0 unspecified atom stereocenters. The lowest BCUT2D eigenvalue weighted by Gasteiger charge is -2.11. The molecule has 3 rings (SSSR count). The number of hydrogen-bond acceptors (Lipinski definition) is 3. The minimum absolute atomic E-state index is 0.521. The van der Waals surface area contributed by atoms with Crippen LogP contribution in [0.5, 0.6) is 11.5 Å². The van der Waals surface area contributed by atoms with Crippen molar-refractivity contribution >= 4 is 26.8 Å². The summed E-state index contributed by atoms with van der Waals surface area (Å²) in [6.07, 6.45) is 1.23. The predicted molar refractivity (Wildman–Crippen MR) is 86.6 cm³/mol. The monoisotopic (exact) mass is 343 g/mol. The van der Waals surface area contributed by atoms with Gasteiger partial charge in [0.1, 0.15) is 11.3 Å². The van der Waals surface area contributed by atoms with Gasteiger partial charge in [-0.15, -0.1) is 0 Å². The number of rotatable bonds is 3. The summed E-state index contributed by atoms with van der Waals surface area (Å²) in [4.78, 5) is 4.37. The molecule has 1 atom stereocenters. The molecule has 0 aliphatic carbocycles. The summed E-state index contributed by atoms with van der Waals surface area (Å²) in [6.45, 7) is 1.73. The van der Waals surface area contributed by atoms with Crippen LogP contribution in [-0.2, 0) is 0 Å². The molecule has 0 fully saturated rings. The Morgan fingerprint density at radius 2 is 1.95 bits per heavy atom. The lowest BCUT2D eigenvalue weighted by Crippen LogP contribution is -1.93. The van der Waals surface area contributed by atoms with E-state index in [4.69, 9.17) is 4.74 Å². The Morgan fingerprint density at radius 1 is 1.14 bits per heavy atom. The minimum atomic E-state index is -0.521. The summed E-state index contributed by atoms with van der Waals surface area (Å²) in [5, 5.41) is 10.7. The van der Waals surface area contributed by atoms with E-state index in [1.165, 1.54) is 0 Å². The van der Waals surface area contributed by atoms with E-state index in [9.17, 15) is 5.11 Å². The molecule has 0 radical (unpaired) electrons. The molecule has 0 aliphatic heterocycles. The number of nitrogens with zero attached hydrogens (tertiary/aromatic N) is 1. The molecule has 1 aromatic heterocycles. The Hall–Kier alpha value is -1.91. The van der Waals surface area contributed by atoms with Crippen LogP contribution in [0, 0.1) is 0 Å². The van der Waals surface area contributed by atoms with Gasteiger partial charge in [0.05, 0.1) is 6.10 Å². The number of fused-ring (bicyclic) bond motifs is 1. The van der Waals surface area contributed by atoms with Gasteiger partial charge in [-0.1, -0.05) is 40.2 Å². The average molecular weight is 344 g/mol. The molecular formula is C17H14BrNO2. The normalized spacial score (nSPS) is 12.3. The number of ether oxygens (including phenoxy) is 1. The van der Waals surface area contributed by atoms with Crippen LogP contribution in [0.25, 0.3) is 10.9 Å². The highest BCUT2D eigenvalue weighted by Crippen LogP contribution is 2.32. The van der Waals surface area contributed by atoms with E-state index in [2.05, 4.69) is 20.9 Å². The molecule has 2 aromatic carbocycles. The Labute approximate surface area is 131 Å². The molecule has 21 heavy (non-hydrogen) atoms. The summed E-state index contributed by atoms with van der Waals surface area (Å²) in [7, 11) is 0. The first-order valence-corrected chi connectivity index (χ1v) is 7.43. The standard InChI is InChI=1S/C17H14BrNO2/c1-11(20)14-8-7-13(10-15(14)18)21-16-6-2-4-12-5-3-9-19-17(12)16/h2-11,20H,1H3/t11-/m1/s1. The maximum Gasteiger partial charge on any atom is 0.153 e. The van der Waals surface area contributed by atoms with Gasteiger partial charge < -0.3 is 9.84 Å². The first kappa shape index (κ1) is 14.0. The quantitative estimate of drug-likeness (QED) is 0.739. The Balaban J connectivity index is 1.97. The Kier molecular flexibility index (Phi) is 3.90. The van der Waals surface area contributed by atoms with Gasteiger partial charge in [-0.3, -0.25) is 4.98 Å². The third-order valence-corrected chi connectivity index (χ3v) is 3.93. The highest BCUT2D eigenvalue weighted by Gasteiger charge is 2.09. The average Bonchev–Trinajstić information content (AvgIpc) is 2.47. The Bertz CT molecular complexity index is 781. The molecule has 4 heteroatoms. The second kappa shape index (κ2) is 5.84. The number of para-hydroxylation sites is 1. The van der Waals surface area contributed by atoms with Gasteiger partial charge in [-0.2, -0.15) is 0 Å². The van der Waals surface area contributed by atoms with Gasteiger partial charge in [0.15, 0.2) is 5.75 Å². The van der Waals surface area contributed by atoms with E-state index in [0.29, 0.717) is 11.5 Å². The molecule has 1 heterocycles. The van der Waals surface area contributed by atoms with Crippen molar-refractivity contribution in [1.82, 2.24) is 4.98 Å². The molecule has 0 amide bonds. The largest absolute Gasteiger partial charge is 0.455 e. The van der Waals surface area contributed by atoms with Crippen molar-refractivity contribution in [2.45, 2.75) is 13.0 Å². The second-order valence-corrected chi connectivity index (χ2v) is 5.65. The molecule has 0 saturated carbocycles. The molecule has 3 nitrogen and oxygen atoms in total. The predicted octanol–water partition coefficient (Wildman–Crippen LogP) is 4.84. The molecule has 0 spiro atoms. The van der Waals surface area contributed by atoms with E-state index in [1.54, 1.807) is 13.1 Å². The number of hydrogen-bond donors (Lipinski definition) is 1. The zero-order chi connectivity index (χ0) is 14.8. The first-order valence-electron chi connectivity index (χ1n) is 6.64. The number of benzene rings is 2. The van der Waals surface area contributed by atoms with E-state index in [1.807, 2.05) is 48.5 Å². The molecular weight excluding hydrogens is 330 g/mol. The first-order chi connectivity index (χ1) is 10.1. The zero-order valence-electron chi connectivity index (χ0n) is 11.5. The highest BCUT2D eigenvalue weighted by molar-refractivity contribution is 9.10. The number of aliphatic hydroxyl groups excluding tert-OH is 1.